The zero-order chi connectivity index (χ0) is 17.7. The van der Waals surface area contributed by atoms with Crippen LogP contribution in [-0.4, -0.2) is 64.4 Å². The fourth-order valence-electron chi connectivity index (χ4n) is 2.75. The molecule has 13 heteroatoms. The Labute approximate surface area is 140 Å². The number of fused-ring (bicyclic) bond motifs is 1. The van der Waals surface area contributed by atoms with E-state index in [1.54, 1.807) is 0 Å². The minimum Gasteiger partial charge on any atom is -0.394 e. The molecule has 1 fully saturated rings. The normalized spacial score (nSPS) is 31.0. The summed E-state index contributed by atoms with van der Waals surface area (Å²) >= 11 is 4.44. The van der Waals surface area contributed by atoms with Gasteiger partial charge in [-0.25, -0.2) is 15.0 Å². The molecule has 2 aromatic heterocycles. The van der Waals surface area contributed by atoms with Crippen molar-refractivity contribution in [3.05, 3.63) is 12.7 Å². The summed E-state index contributed by atoms with van der Waals surface area (Å²) < 4.78 is 12.1. The molecule has 1 saturated heterocycles. The van der Waals surface area contributed by atoms with Crippen LogP contribution in [0.2, 0.25) is 0 Å². The van der Waals surface area contributed by atoms with Crippen LogP contribution < -0.4 is 5.73 Å². The van der Waals surface area contributed by atoms with Crippen molar-refractivity contribution in [3.63, 3.8) is 0 Å². The van der Waals surface area contributed by atoms with Gasteiger partial charge >= 0.3 is 6.72 Å². The second-order valence-corrected chi connectivity index (χ2v) is 8.06. The zero-order valence-corrected chi connectivity index (χ0v) is 14.1. The predicted octanol–water partition coefficient (Wildman–Crippen LogP) is -1.57. The fraction of sp³-hybridized carbons (Fsp3) is 0.545. The van der Waals surface area contributed by atoms with E-state index in [9.17, 15) is 20.0 Å². The number of hydrogen-bond donors (Lipinski definition) is 5. The Morgan fingerprint density at radius 2 is 2.17 bits per heavy atom. The molecule has 0 amide bonds. The Morgan fingerprint density at radius 1 is 1.46 bits per heavy atom. The highest BCUT2D eigenvalue weighted by Gasteiger charge is 2.55. The van der Waals surface area contributed by atoms with Gasteiger partial charge in [0.1, 0.15) is 30.2 Å². The molecule has 6 N–H and O–H groups in total. The van der Waals surface area contributed by atoms with Gasteiger partial charge in [-0.1, -0.05) is 0 Å². The van der Waals surface area contributed by atoms with E-state index in [4.69, 9.17) is 15.0 Å². The first kappa shape index (κ1) is 17.6. The van der Waals surface area contributed by atoms with Gasteiger partial charge in [0, 0.05) is 0 Å². The van der Waals surface area contributed by atoms with Crippen LogP contribution in [0.3, 0.4) is 0 Å². The van der Waals surface area contributed by atoms with Crippen molar-refractivity contribution >= 4 is 35.5 Å². The molecule has 1 aliphatic rings. The lowest BCUT2D eigenvalue weighted by atomic mass is 10.0. The summed E-state index contributed by atoms with van der Waals surface area (Å²) in [6.45, 7) is -3.10. The monoisotopic (exact) mass is 377 g/mol. The van der Waals surface area contributed by atoms with Crippen LogP contribution in [0.5, 0.6) is 0 Å². The summed E-state index contributed by atoms with van der Waals surface area (Å²) in [6.07, 6.45) is -1.10. The first-order valence-corrected chi connectivity index (χ1v) is 9.44. The van der Waals surface area contributed by atoms with Crippen LogP contribution in [0.4, 0.5) is 5.82 Å². The number of anilines is 1. The van der Waals surface area contributed by atoms with E-state index in [2.05, 4.69) is 26.8 Å². The number of rotatable bonds is 4. The molecule has 3 rings (SSSR count). The molecule has 1 aliphatic heterocycles. The number of nitrogen functional groups attached to an aromatic ring is 1. The lowest BCUT2D eigenvalue weighted by molar-refractivity contribution is -0.132. The molecule has 4 atom stereocenters. The SMILES string of the molecule is C[C@@]1(n2cnc3c(N)ncnc32)O[C@H](CO)[C@@H](OP(O)(O)=S)[C@H]1O. The third-order valence-electron chi connectivity index (χ3n) is 3.90. The van der Waals surface area contributed by atoms with Crippen molar-refractivity contribution in [1.29, 1.82) is 0 Å². The number of aliphatic hydroxyl groups excluding tert-OH is 2. The molecule has 0 aromatic carbocycles. The summed E-state index contributed by atoms with van der Waals surface area (Å²) in [5, 5.41) is 20.1. The molecule has 3 heterocycles. The highest BCUT2D eigenvalue weighted by atomic mass is 32.5. The van der Waals surface area contributed by atoms with Crippen LogP contribution in [0.15, 0.2) is 12.7 Å². The van der Waals surface area contributed by atoms with Gasteiger partial charge in [0.2, 0.25) is 0 Å². The van der Waals surface area contributed by atoms with Crippen LogP contribution in [0.25, 0.3) is 11.2 Å². The second-order valence-electron chi connectivity index (χ2n) is 5.44. The number of nitrogens with two attached hydrogens (primary N) is 1. The fourth-order valence-corrected chi connectivity index (χ4v) is 3.62. The summed E-state index contributed by atoms with van der Waals surface area (Å²) in [6, 6.07) is 0. The summed E-state index contributed by atoms with van der Waals surface area (Å²) in [5.74, 6) is 0.155. The topological polar surface area (TPSA) is 169 Å². The van der Waals surface area contributed by atoms with E-state index in [-0.39, 0.29) is 5.82 Å². The van der Waals surface area contributed by atoms with E-state index < -0.39 is 37.4 Å². The molecule has 132 valence electrons. The number of ether oxygens (including phenoxy) is 1. The lowest BCUT2D eigenvalue weighted by Crippen LogP contribution is -2.43. The average molecular weight is 377 g/mol. The lowest BCUT2D eigenvalue weighted by Gasteiger charge is -2.30. The van der Waals surface area contributed by atoms with Gasteiger partial charge in [-0.15, -0.1) is 0 Å². The third-order valence-corrected chi connectivity index (χ3v) is 4.67. The summed E-state index contributed by atoms with van der Waals surface area (Å²) in [7, 11) is 0. The van der Waals surface area contributed by atoms with Crippen LogP contribution in [0, 0.1) is 0 Å². The largest absolute Gasteiger partial charge is 0.394 e. The number of hydrogen-bond acceptors (Lipinski definition) is 9. The molecule has 2 aromatic rings. The third kappa shape index (κ3) is 2.80. The number of aliphatic hydroxyl groups is 2. The van der Waals surface area contributed by atoms with Gasteiger partial charge in [-0.2, -0.15) is 0 Å². The van der Waals surface area contributed by atoms with Crippen molar-refractivity contribution in [2.24, 2.45) is 0 Å². The Bertz CT molecular complexity index is 813. The Kier molecular flexibility index (Phi) is 4.35. The van der Waals surface area contributed by atoms with E-state index in [1.807, 2.05) is 0 Å². The van der Waals surface area contributed by atoms with Gasteiger partial charge in [-0.05, 0) is 18.7 Å². The van der Waals surface area contributed by atoms with Gasteiger partial charge in [0.05, 0.1) is 12.9 Å². The minimum atomic E-state index is -4.08. The van der Waals surface area contributed by atoms with E-state index in [1.165, 1.54) is 24.1 Å². The first-order valence-electron chi connectivity index (χ1n) is 6.82. The van der Waals surface area contributed by atoms with Crippen molar-refractivity contribution in [2.75, 3.05) is 12.3 Å². The number of nitrogens with zero attached hydrogens (tertiary/aromatic N) is 4. The molecular formula is C11H16N5O6PS. The van der Waals surface area contributed by atoms with Gasteiger partial charge in [-0.3, -0.25) is 9.09 Å². The maximum Gasteiger partial charge on any atom is 0.322 e. The smallest absolute Gasteiger partial charge is 0.322 e. The molecular weight excluding hydrogens is 361 g/mol. The standard InChI is InChI=1S/C11H16N5O6PS/c1-11(16-4-15-6-9(12)13-3-14-10(6)16)8(18)7(5(2-17)21-11)22-23(19,20)24/h3-5,7-8,17-18H,2H2,1H3,(H2,12,13,14)(H2,19,20,24)/t5-,7-,8-,11-/m1/s1. The Hall–Kier alpha value is -1.24. The molecule has 24 heavy (non-hydrogen) atoms. The van der Waals surface area contributed by atoms with Crippen molar-refractivity contribution < 1.29 is 29.3 Å². The second kappa shape index (κ2) is 5.93. The van der Waals surface area contributed by atoms with E-state index >= 15 is 0 Å². The molecule has 0 saturated carbocycles. The van der Waals surface area contributed by atoms with Crippen molar-refractivity contribution in [2.45, 2.75) is 31.0 Å². The molecule has 0 bridgehead atoms. The first-order chi connectivity index (χ1) is 11.2. The maximum absolute atomic E-state index is 10.6. The Morgan fingerprint density at radius 3 is 2.79 bits per heavy atom. The predicted molar refractivity (Wildman–Crippen MR) is 84.9 cm³/mol. The van der Waals surface area contributed by atoms with E-state index in [0.717, 1.165) is 0 Å². The molecule has 0 unspecified atom stereocenters. The molecule has 11 nitrogen and oxygen atoms in total. The highest BCUT2D eigenvalue weighted by molar-refractivity contribution is 8.06. The summed E-state index contributed by atoms with van der Waals surface area (Å²) in [5.41, 5.74) is 4.89. The number of imidazole rings is 1. The number of aromatic nitrogens is 4. The quantitative estimate of drug-likeness (QED) is 0.390. The Balaban J connectivity index is 2.06. The molecule has 0 radical (unpaired) electrons. The van der Waals surface area contributed by atoms with Gasteiger partial charge in [0.25, 0.3) is 0 Å². The van der Waals surface area contributed by atoms with Gasteiger partial charge in [0.15, 0.2) is 17.2 Å². The van der Waals surface area contributed by atoms with Crippen LogP contribution in [-0.2, 0) is 26.8 Å². The van der Waals surface area contributed by atoms with Gasteiger partial charge < -0.3 is 30.5 Å². The highest BCUT2D eigenvalue weighted by Crippen LogP contribution is 2.46. The zero-order valence-electron chi connectivity index (χ0n) is 12.4. The maximum atomic E-state index is 10.6. The summed E-state index contributed by atoms with van der Waals surface area (Å²) in [4.78, 5) is 30.8. The average Bonchev–Trinajstić information content (AvgIpc) is 3.03. The minimum absolute atomic E-state index is 0.155. The van der Waals surface area contributed by atoms with Crippen LogP contribution >= 0.6 is 6.72 Å². The molecule has 0 aliphatic carbocycles. The van der Waals surface area contributed by atoms with Crippen molar-refractivity contribution in [1.82, 2.24) is 19.5 Å². The molecule has 0 spiro atoms. The van der Waals surface area contributed by atoms with E-state index in [0.29, 0.717) is 11.2 Å². The van der Waals surface area contributed by atoms with Crippen molar-refractivity contribution in [3.8, 4) is 0 Å². The van der Waals surface area contributed by atoms with Crippen LogP contribution in [0.1, 0.15) is 6.92 Å².